The van der Waals surface area contributed by atoms with Crippen LogP contribution < -0.4 is 0 Å². The van der Waals surface area contributed by atoms with E-state index in [4.69, 9.17) is 0 Å². The smallest absolute Gasteiger partial charge is 0.128 e. The van der Waals surface area contributed by atoms with E-state index in [1.165, 1.54) is 6.42 Å². The van der Waals surface area contributed by atoms with Crippen molar-refractivity contribution in [1.29, 1.82) is 0 Å². The van der Waals surface area contributed by atoms with Crippen LogP contribution in [0.25, 0.3) is 0 Å². The Morgan fingerprint density at radius 3 is 2.44 bits per heavy atom. The zero-order chi connectivity index (χ0) is 11.6. The molecule has 0 aromatic rings. The van der Waals surface area contributed by atoms with Gasteiger partial charge in [-0.05, 0) is 23.2 Å². The van der Waals surface area contributed by atoms with Crippen LogP contribution >= 0.6 is 23.5 Å². The normalized spacial score (nSPS) is 33.2. The fourth-order valence-electron chi connectivity index (χ4n) is 2.52. The monoisotopic (exact) mass is 266 g/mol. The van der Waals surface area contributed by atoms with Gasteiger partial charge < -0.3 is 0 Å². The van der Waals surface area contributed by atoms with Gasteiger partial charge >= 0.3 is 0 Å². The molecule has 0 aromatic carbocycles. The van der Waals surface area contributed by atoms with E-state index in [2.05, 4.69) is 54.4 Å². The predicted molar refractivity (Wildman–Crippen MR) is 81.0 cm³/mol. The summed E-state index contributed by atoms with van der Waals surface area (Å²) in [5.41, 5.74) is 4.51. The zero-order valence-electron chi connectivity index (χ0n) is 9.63. The summed E-state index contributed by atoms with van der Waals surface area (Å²) in [6.45, 7) is 10.6. The van der Waals surface area contributed by atoms with E-state index >= 15 is 0 Å². The molecule has 0 amide bonds. The van der Waals surface area contributed by atoms with Gasteiger partial charge in [0.25, 0.3) is 0 Å². The van der Waals surface area contributed by atoms with Crippen LogP contribution in [0.5, 0.6) is 0 Å². The molecule has 2 rings (SSSR count). The molecule has 0 saturated heterocycles. The van der Waals surface area contributed by atoms with Crippen LogP contribution in [0.1, 0.15) is 13.3 Å². The molecule has 0 bridgehead atoms. The lowest BCUT2D eigenvalue weighted by atomic mass is 10.2. The van der Waals surface area contributed by atoms with Gasteiger partial charge in [-0.3, -0.25) is 0 Å². The Morgan fingerprint density at radius 1 is 1.25 bits per heavy atom. The van der Waals surface area contributed by atoms with Crippen LogP contribution in [-0.4, -0.2) is 17.8 Å². The standard InChI is InChI=1S/C13H18S2Si/c1-4-16(5-2,12-7-6-9-14-12)13-11(3)8-10-15-13/h4-6,8-13H,1-2,7H2,3H3/t11?,12-,13?/m1/s1. The second-order valence-electron chi connectivity index (χ2n) is 4.38. The van der Waals surface area contributed by atoms with Crippen molar-refractivity contribution in [2.24, 2.45) is 5.92 Å². The minimum Gasteiger partial charge on any atom is -0.133 e. The molecule has 2 aliphatic rings. The average molecular weight is 267 g/mol. The van der Waals surface area contributed by atoms with Gasteiger partial charge in [0, 0.05) is 9.75 Å². The summed E-state index contributed by atoms with van der Waals surface area (Å²) in [5.74, 6) is 0.661. The third-order valence-electron chi connectivity index (χ3n) is 3.53. The summed E-state index contributed by atoms with van der Waals surface area (Å²) in [7, 11) is -1.61. The Kier molecular flexibility index (Phi) is 3.87. The molecule has 3 atom stereocenters. The molecule has 0 spiro atoms. The number of allylic oxidation sites excluding steroid dienone is 2. The van der Waals surface area contributed by atoms with Crippen molar-refractivity contribution < 1.29 is 0 Å². The largest absolute Gasteiger partial charge is 0.133 e. The number of rotatable bonds is 4. The van der Waals surface area contributed by atoms with Gasteiger partial charge in [-0.1, -0.05) is 30.5 Å². The Balaban J connectivity index is 2.27. The molecule has 86 valence electrons. The van der Waals surface area contributed by atoms with Gasteiger partial charge in [0.15, 0.2) is 0 Å². The summed E-state index contributed by atoms with van der Waals surface area (Å²) in [5, 5.41) is 4.51. The Morgan fingerprint density at radius 2 is 2.00 bits per heavy atom. The average Bonchev–Trinajstić information content (AvgIpc) is 2.94. The number of thioether (sulfide) groups is 2. The summed E-state index contributed by atoms with van der Waals surface area (Å²) in [6, 6.07) is 0. The first kappa shape index (κ1) is 12.3. The molecular formula is C13H18S2Si. The molecule has 0 N–H and O–H groups in total. The van der Waals surface area contributed by atoms with Crippen molar-refractivity contribution in [3.63, 3.8) is 0 Å². The molecule has 0 saturated carbocycles. The van der Waals surface area contributed by atoms with Gasteiger partial charge in [0.2, 0.25) is 0 Å². The lowest BCUT2D eigenvalue weighted by molar-refractivity contribution is 0.794. The van der Waals surface area contributed by atoms with Crippen molar-refractivity contribution in [1.82, 2.24) is 0 Å². The highest BCUT2D eigenvalue weighted by atomic mass is 32.2. The molecule has 3 heteroatoms. The molecule has 16 heavy (non-hydrogen) atoms. The molecule has 0 radical (unpaired) electrons. The lowest BCUT2D eigenvalue weighted by Crippen LogP contribution is -2.52. The highest BCUT2D eigenvalue weighted by molar-refractivity contribution is 8.07. The van der Waals surface area contributed by atoms with Gasteiger partial charge in [-0.25, -0.2) is 0 Å². The third-order valence-corrected chi connectivity index (χ3v) is 13.0. The minimum absolute atomic E-state index is 0.661. The first-order chi connectivity index (χ1) is 7.74. The quantitative estimate of drug-likeness (QED) is 0.698. The summed E-state index contributed by atoms with van der Waals surface area (Å²) in [4.78, 5) is 1.40. The van der Waals surface area contributed by atoms with E-state index in [0.717, 1.165) is 0 Å². The van der Waals surface area contributed by atoms with Crippen LogP contribution in [0.15, 0.2) is 47.5 Å². The summed E-state index contributed by atoms with van der Waals surface area (Å²) >= 11 is 3.98. The van der Waals surface area contributed by atoms with E-state index in [9.17, 15) is 0 Å². The second kappa shape index (κ2) is 5.03. The van der Waals surface area contributed by atoms with Crippen LogP contribution in [0.3, 0.4) is 0 Å². The molecule has 2 unspecified atom stereocenters. The van der Waals surface area contributed by atoms with Crippen molar-refractivity contribution in [2.45, 2.75) is 23.1 Å². The fourth-order valence-corrected chi connectivity index (χ4v) is 11.8. The number of hydrogen-bond donors (Lipinski definition) is 0. The molecule has 2 heterocycles. The minimum atomic E-state index is -1.61. The van der Waals surface area contributed by atoms with Crippen molar-refractivity contribution in [3.05, 3.63) is 47.5 Å². The Labute approximate surface area is 108 Å². The summed E-state index contributed by atoms with van der Waals surface area (Å²) in [6.07, 6.45) is 5.82. The molecule has 0 fully saturated rings. The van der Waals surface area contributed by atoms with Gasteiger partial charge in [-0.2, -0.15) is 0 Å². The Bertz CT molecular complexity index is 330. The van der Waals surface area contributed by atoms with E-state index < -0.39 is 8.07 Å². The van der Waals surface area contributed by atoms with Crippen molar-refractivity contribution >= 4 is 31.6 Å². The molecule has 2 aliphatic heterocycles. The van der Waals surface area contributed by atoms with Gasteiger partial charge in [0.05, 0.1) is 0 Å². The Hall–Kier alpha value is -0.123. The van der Waals surface area contributed by atoms with Crippen molar-refractivity contribution in [3.8, 4) is 0 Å². The van der Waals surface area contributed by atoms with Crippen molar-refractivity contribution in [2.75, 3.05) is 0 Å². The SMILES string of the molecule is C=C[Si](C=C)(C1SC=CC1C)[C@@H]1CC=CS1. The number of hydrogen-bond acceptors (Lipinski definition) is 2. The maximum Gasteiger partial charge on any atom is 0.128 e. The van der Waals surface area contributed by atoms with E-state index in [-0.39, 0.29) is 0 Å². The first-order valence-corrected chi connectivity index (χ1v) is 9.84. The maximum atomic E-state index is 4.14. The highest BCUT2D eigenvalue weighted by Gasteiger charge is 2.46. The van der Waals surface area contributed by atoms with Crippen LogP contribution in [0, 0.1) is 5.92 Å². The summed E-state index contributed by atoms with van der Waals surface area (Å²) < 4.78 is 0. The van der Waals surface area contributed by atoms with E-state index in [0.29, 0.717) is 15.7 Å². The second-order valence-corrected chi connectivity index (χ2v) is 11.5. The zero-order valence-corrected chi connectivity index (χ0v) is 12.3. The van der Waals surface area contributed by atoms with E-state index in [1.54, 1.807) is 0 Å². The fraction of sp³-hybridized carbons (Fsp3) is 0.385. The van der Waals surface area contributed by atoms with Gasteiger partial charge in [-0.15, -0.1) is 36.7 Å². The highest BCUT2D eigenvalue weighted by Crippen LogP contribution is 2.44. The predicted octanol–water partition coefficient (Wildman–Crippen LogP) is 4.25. The topological polar surface area (TPSA) is 0 Å². The van der Waals surface area contributed by atoms with Crippen LogP contribution in [0.4, 0.5) is 0 Å². The first-order valence-electron chi connectivity index (χ1n) is 5.64. The molecular weight excluding hydrogens is 248 g/mol. The molecule has 0 aromatic heterocycles. The van der Waals surface area contributed by atoms with E-state index in [1.807, 2.05) is 23.5 Å². The van der Waals surface area contributed by atoms with Crippen LogP contribution in [0.2, 0.25) is 0 Å². The molecule has 0 aliphatic carbocycles. The third kappa shape index (κ3) is 1.89. The molecule has 0 nitrogen and oxygen atoms in total. The van der Waals surface area contributed by atoms with Crippen LogP contribution in [-0.2, 0) is 0 Å². The lowest BCUT2D eigenvalue weighted by Gasteiger charge is -2.37. The van der Waals surface area contributed by atoms with Gasteiger partial charge in [0.1, 0.15) is 8.07 Å². The maximum absolute atomic E-state index is 4.14.